The molecule has 13 heavy (non-hydrogen) atoms. The van der Waals surface area contributed by atoms with Gasteiger partial charge in [-0.05, 0) is 0 Å². The van der Waals surface area contributed by atoms with Gasteiger partial charge in [0.15, 0.2) is 0 Å². The van der Waals surface area contributed by atoms with Crippen molar-refractivity contribution < 1.29 is 11.0 Å². The summed E-state index contributed by atoms with van der Waals surface area (Å²) >= 11 is 0. The van der Waals surface area contributed by atoms with E-state index in [4.69, 9.17) is 0 Å². The van der Waals surface area contributed by atoms with E-state index in [1.165, 1.54) is 51.2 Å². The van der Waals surface area contributed by atoms with Crippen molar-refractivity contribution in [3.8, 4) is 0 Å². The maximum atomic E-state index is 2.46. The molecule has 0 aromatic rings. The van der Waals surface area contributed by atoms with Gasteiger partial charge >= 0.3 is 0 Å². The number of unbranched alkanes of at least 4 members (excludes halogenated alkanes) is 4. The van der Waals surface area contributed by atoms with Crippen LogP contribution in [0.4, 0.5) is 0 Å². The summed E-state index contributed by atoms with van der Waals surface area (Å²) in [5, 5.41) is 0. The van der Waals surface area contributed by atoms with Crippen LogP contribution in [-0.4, -0.2) is 18.2 Å². The molecule has 3 heteroatoms. The van der Waals surface area contributed by atoms with Crippen LogP contribution in [0, 0.1) is 0 Å². The molecule has 0 atom stereocenters. The summed E-state index contributed by atoms with van der Waals surface area (Å²) in [6.45, 7) is 4.52. The van der Waals surface area contributed by atoms with Crippen molar-refractivity contribution in [3.05, 3.63) is 0 Å². The fraction of sp³-hybridized carbons (Fsp3) is 1.00. The molecule has 0 rings (SSSR count). The first-order valence-electron chi connectivity index (χ1n) is 5.23. The topological polar surface area (TPSA) is 63.0 Å². The van der Waals surface area contributed by atoms with E-state index in [-0.39, 0.29) is 11.0 Å². The Morgan fingerprint density at radius 3 is 1.77 bits per heavy atom. The lowest BCUT2D eigenvalue weighted by molar-refractivity contribution is 0.699. The van der Waals surface area contributed by atoms with Gasteiger partial charge in [-0.1, -0.05) is 65.0 Å². The normalized spacial score (nSPS) is 8.46. The first-order valence-corrected chi connectivity index (χ1v) is 5.23. The van der Waals surface area contributed by atoms with Gasteiger partial charge in [-0.3, -0.25) is 0 Å². The molecule has 0 spiro atoms. The van der Waals surface area contributed by atoms with Crippen molar-refractivity contribution in [3.63, 3.8) is 0 Å². The predicted molar refractivity (Wildman–Crippen MR) is 61.6 cm³/mol. The summed E-state index contributed by atoms with van der Waals surface area (Å²) in [6, 6.07) is 0. The minimum atomic E-state index is 0. The van der Waals surface area contributed by atoms with Crippen molar-refractivity contribution in [1.82, 2.24) is 0 Å². The molecule has 0 aromatic heterocycles. The quantitative estimate of drug-likeness (QED) is 0.415. The van der Waals surface area contributed by atoms with Crippen LogP contribution < -0.4 is 0 Å². The van der Waals surface area contributed by atoms with Crippen LogP contribution in [0.25, 0.3) is 0 Å². The summed E-state index contributed by atoms with van der Waals surface area (Å²) in [6.07, 6.45) is 11.0. The van der Waals surface area contributed by atoms with Gasteiger partial charge in [0.1, 0.15) is 7.28 Å². The Kier molecular flexibility index (Phi) is 25.8. The maximum Gasteiger partial charge on any atom is 0.109 e. The second-order valence-corrected chi connectivity index (χ2v) is 3.28. The molecule has 0 unspecified atom stereocenters. The van der Waals surface area contributed by atoms with Gasteiger partial charge in [0, 0.05) is 0 Å². The Hall–Kier alpha value is -0.0151. The molecule has 0 aliphatic rings. The second-order valence-electron chi connectivity index (χ2n) is 3.28. The van der Waals surface area contributed by atoms with E-state index in [1.807, 2.05) is 0 Å². The van der Waals surface area contributed by atoms with Crippen LogP contribution in [-0.2, 0) is 0 Å². The Bertz CT molecular complexity index is 61.9. The van der Waals surface area contributed by atoms with Crippen molar-refractivity contribution in [2.75, 3.05) is 0 Å². The first kappa shape index (κ1) is 18.7. The molecule has 1 radical (unpaired) electrons. The summed E-state index contributed by atoms with van der Waals surface area (Å²) in [5.74, 6) is 0. The zero-order valence-corrected chi connectivity index (χ0v) is 9.23. The van der Waals surface area contributed by atoms with Crippen LogP contribution in [0.5, 0.6) is 0 Å². The van der Waals surface area contributed by atoms with E-state index in [0.717, 1.165) is 0 Å². The third-order valence-corrected chi connectivity index (χ3v) is 2.02. The summed E-state index contributed by atoms with van der Waals surface area (Å²) in [4.78, 5) is 0. The van der Waals surface area contributed by atoms with Gasteiger partial charge in [0.05, 0.1) is 0 Å². The average Bonchev–Trinajstić information content (AvgIpc) is 2.03. The van der Waals surface area contributed by atoms with Crippen LogP contribution in [0.15, 0.2) is 0 Å². The minimum absolute atomic E-state index is 0. The van der Waals surface area contributed by atoms with Crippen molar-refractivity contribution in [2.24, 2.45) is 0 Å². The molecular weight excluding hydrogens is 163 g/mol. The van der Waals surface area contributed by atoms with Gasteiger partial charge in [0.2, 0.25) is 0 Å². The van der Waals surface area contributed by atoms with Crippen LogP contribution in [0.3, 0.4) is 0 Å². The van der Waals surface area contributed by atoms with Gasteiger partial charge < -0.3 is 11.0 Å². The van der Waals surface area contributed by atoms with Crippen LogP contribution in [0.2, 0.25) is 12.6 Å². The minimum Gasteiger partial charge on any atom is -0.412 e. The molecule has 0 amide bonds. The van der Waals surface area contributed by atoms with E-state index in [9.17, 15) is 0 Å². The molecule has 4 N–H and O–H groups in total. The molecule has 0 aliphatic heterocycles. The number of hydrogen-bond donors (Lipinski definition) is 0. The van der Waals surface area contributed by atoms with Crippen LogP contribution in [0.1, 0.15) is 52.4 Å². The van der Waals surface area contributed by atoms with Crippen molar-refractivity contribution in [2.45, 2.75) is 65.0 Å². The first-order chi connectivity index (χ1) is 5.41. The molecular formula is C10H26BO2. The molecule has 0 aromatic carbocycles. The van der Waals surface area contributed by atoms with Crippen molar-refractivity contribution >= 4 is 7.28 Å². The summed E-state index contributed by atoms with van der Waals surface area (Å²) in [5.41, 5.74) is 0. The predicted octanol–water partition coefficient (Wildman–Crippen LogP) is 2.26. The molecule has 0 saturated carbocycles. The van der Waals surface area contributed by atoms with E-state index >= 15 is 0 Å². The third-order valence-electron chi connectivity index (χ3n) is 2.02. The molecule has 81 valence electrons. The highest BCUT2D eigenvalue weighted by atomic mass is 16.0. The zero-order chi connectivity index (χ0) is 8.36. The van der Waals surface area contributed by atoms with E-state index in [0.29, 0.717) is 0 Å². The van der Waals surface area contributed by atoms with E-state index < -0.39 is 0 Å². The molecule has 0 fully saturated rings. The zero-order valence-electron chi connectivity index (χ0n) is 9.23. The van der Waals surface area contributed by atoms with Gasteiger partial charge in [-0.15, -0.1) is 0 Å². The molecule has 0 heterocycles. The largest absolute Gasteiger partial charge is 0.412 e. The van der Waals surface area contributed by atoms with Gasteiger partial charge in [-0.25, -0.2) is 0 Å². The summed E-state index contributed by atoms with van der Waals surface area (Å²) < 4.78 is 0. The highest BCUT2D eigenvalue weighted by Gasteiger charge is 1.90. The second kappa shape index (κ2) is 17.9. The third kappa shape index (κ3) is 18.7. The average molecular weight is 189 g/mol. The fourth-order valence-corrected chi connectivity index (χ4v) is 1.21. The molecule has 0 bridgehead atoms. The lowest BCUT2D eigenvalue weighted by atomic mass is 9.68. The molecule has 0 aliphatic carbocycles. The van der Waals surface area contributed by atoms with E-state index in [1.54, 1.807) is 0 Å². The van der Waals surface area contributed by atoms with Crippen molar-refractivity contribution in [1.29, 1.82) is 0 Å². The maximum absolute atomic E-state index is 2.46. The molecule has 2 nitrogen and oxygen atoms in total. The molecule has 0 saturated heterocycles. The lowest BCUT2D eigenvalue weighted by Crippen LogP contribution is -1.88. The highest BCUT2D eigenvalue weighted by molar-refractivity contribution is 6.35. The highest BCUT2D eigenvalue weighted by Crippen LogP contribution is 2.04. The lowest BCUT2D eigenvalue weighted by Gasteiger charge is -1.97. The summed E-state index contributed by atoms with van der Waals surface area (Å²) in [7, 11) is 2.46. The monoisotopic (exact) mass is 189 g/mol. The van der Waals surface area contributed by atoms with Crippen LogP contribution >= 0.6 is 0 Å². The van der Waals surface area contributed by atoms with E-state index in [2.05, 4.69) is 21.1 Å². The Labute approximate surface area is 84.0 Å². The fourth-order valence-electron chi connectivity index (χ4n) is 1.21. The van der Waals surface area contributed by atoms with Gasteiger partial charge in [-0.2, -0.15) is 0 Å². The Morgan fingerprint density at radius 1 is 0.692 bits per heavy atom. The smallest absolute Gasteiger partial charge is 0.109 e. The Morgan fingerprint density at radius 2 is 1.23 bits per heavy atom. The SMILES string of the molecule is CCCC[B]CCCCCC.O.O. The van der Waals surface area contributed by atoms with Gasteiger partial charge in [0.25, 0.3) is 0 Å². The Balaban J connectivity index is -0.000000500. The number of hydrogen-bond acceptors (Lipinski definition) is 0. The number of rotatable bonds is 8. The standard InChI is InChI=1S/C10H22B.2H2O/c1-3-5-7-8-10-11-9-6-4-2;;/h3-10H2,1-2H3;2*1H2.